The zero-order chi connectivity index (χ0) is 13.7. The minimum absolute atomic E-state index is 0.244. The maximum Gasteiger partial charge on any atom is 0.162 e. The highest BCUT2D eigenvalue weighted by atomic mass is 16.5. The van der Waals surface area contributed by atoms with Crippen molar-refractivity contribution < 1.29 is 14.4 Å². The van der Waals surface area contributed by atoms with E-state index in [1.165, 1.54) is 12.8 Å². The number of ether oxygens (including phenoxy) is 1. The summed E-state index contributed by atoms with van der Waals surface area (Å²) in [5.74, 6) is 0.765. The van der Waals surface area contributed by atoms with Gasteiger partial charge in [-0.25, -0.2) is 0 Å². The van der Waals surface area contributed by atoms with Crippen LogP contribution in [0, 0.1) is 0 Å². The maximum atomic E-state index is 9.59. The normalized spacial score (nSPS) is 22.6. The molecule has 1 N–H and O–H groups in total. The summed E-state index contributed by atoms with van der Waals surface area (Å²) in [7, 11) is 1.64. The van der Waals surface area contributed by atoms with Crippen LogP contribution in [0.15, 0.2) is 10.6 Å². The lowest BCUT2D eigenvalue weighted by Crippen LogP contribution is -2.40. The van der Waals surface area contributed by atoms with Crippen LogP contribution in [0.2, 0.25) is 0 Å². The van der Waals surface area contributed by atoms with Crippen LogP contribution >= 0.6 is 0 Å². The first-order chi connectivity index (χ1) is 9.19. The van der Waals surface area contributed by atoms with Crippen LogP contribution in [0.5, 0.6) is 0 Å². The molecule has 2 heterocycles. The summed E-state index contributed by atoms with van der Waals surface area (Å²) in [6.07, 6.45) is 4.23. The first-order valence-corrected chi connectivity index (χ1v) is 7.04. The minimum atomic E-state index is -0.244. The summed E-state index contributed by atoms with van der Waals surface area (Å²) in [6.45, 7) is 4.19. The van der Waals surface area contributed by atoms with E-state index in [9.17, 15) is 5.11 Å². The molecule has 5 nitrogen and oxygen atoms in total. The molecule has 0 radical (unpaired) electrons. The monoisotopic (exact) mass is 268 g/mol. The molecule has 2 atom stereocenters. The van der Waals surface area contributed by atoms with Crippen molar-refractivity contribution in [1.82, 2.24) is 10.1 Å². The van der Waals surface area contributed by atoms with Gasteiger partial charge in [-0.15, -0.1) is 0 Å². The number of hydrogen-bond acceptors (Lipinski definition) is 5. The summed E-state index contributed by atoms with van der Waals surface area (Å²) >= 11 is 0. The van der Waals surface area contributed by atoms with E-state index in [4.69, 9.17) is 9.26 Å². The van der Waals surface area contributed by atoms with Crippen LogP contribution in [0.4, 0.5) is 0 Å². The number of aliphatic hydroxyl groups excluding tert-OH is 1. The zero-order valence-electron chi connectivity index (χ0n) is 11.8. The van der Waals surface area contributed by atoms with Crippen LogP contribution in [0.3, 0.4) is 0 Å². The largest absolute Gasteiger partial charge is 0.393 e. The molecule has 1 aliphatic rings. The number of likely N-dealkylation sites (tertiary alicyclic amines) is 1. The Hall–Kier alpha value is -0.910. The van der Waals surface area contributed by atoms with Gasteiger partial charge in [-0.2, -0.15) is 0 Å². The molecule has 5 heteroatoms. The molecule has 2 unspecified atom stereocenters. The van der Waals surface area contributed by atoms with E-state index >= 15 is 0 Å². The van der Waals surface area contributed by atoms with Crippen molar-refractivity contribution >= 4 is 0 Å². The fourth-order valence-electron chi connectivity index (χ4n) is 2.78. The molecule has 0 saturated carbocycles. The standard InChI is InChI=1S/C14H24N2O3/c1-11(17)7-13-5-3-4-6-16(13)9-12-8-14(10-18-2)19-15-12/h8,11,13,17H,3-7,9-10H2,1-2H3. The molecule has 19 heavy (non-hydrogen) atoms. The Bertz CT molecular complexity index is 379. The van der Waals surface area contributed by atoms with Gasteiger partial charge in [0, 0.05) is 25.8 Å². The number of hydrogen-bond donors (Lipinski definition) is 1. The second-order valence-electron chi connectivity index (χ2n) is 5.42. The van der Waals surface area contributed by atoms with Crippen molar-refractivity contribution in [3.63, 3.8) is 0 Å². The summed E-state index contributed by atoms with van der Waals surface area (Å²) < 4.78 is 10.2. The molecular formula is C14H24N2O3. The molecular weight excluding hydrogens is 244 g/mol. The fourth-order valence-corrected chi connectivity index (χ4v) is 2.78. The van der Waals surface area contributed by atoms with Gasteiger partial charge in [-0.05, 0) is 32.7 Å². The molecule has 1 saturated heterocycles. The zero-order valence-corrected chi connectivity index (χ0v) is 11.8. The van der Waals surface area contributed by atoms with E-state index in [1.54, 1.807) is 7.11 Å². The van der Waals surface area contributed by atoms with Gasteiger partial charge in [-0.3, -0.25) is 4.90 Å². The molecule has 1 aromatic heterocycles. The van der Waals surface area contributed by atoms with Gasteiger partial charge in [0.05, 0.1) is 11.8 Å². The van der Waals surface area contributed by atoms with Gasteiger partial charge < -0.3 is 14.4 Å². The summed E-state index contributed by atoms with van der Waals surface area (Å²) in [4.78, 5) is 2.41. The fraction of sp³-hybridized carbons (Fsp3) is 0.786. The molecule has 0 bridgehead atoms. The molecule has 1 aromatic rings. The van der Waals surface area contributed by atoms with Gasteiger partial charge in [-0.1, -0.05) is 11.6 Å². The second-order valence-corrected chi connectivity index (χ2v) is 5.42. The molecule has 0 spiro atoms. The number of rotatable bonds is 6. The second kappa shape index (κ2) is 7.03. The molecule has 0 aliphatic carbocycles. The minimum Gasteiger partial charge on any atom is -0.393 e. The lowest BCUT2D eigenvalue weighted by molar-refractivity contribution is 0.0801. The van der Waals surface area contributed by atoms with Gasteiger partial charge in [0.2, 0.25) is 0 Å². The molecule has 0 aromatic carbocycles. The number of nitrogens with zero attached hydrogens (tertiary/aromatic N) is 2. The van der Waals surface area contributed by atoms with Crippen LogP contribution in [-0.2, 0) is 17.9 Å². The quantitative estimate of drug-likeness (QED) is 0.854. The molecule has 108 valence electrons. The average molecular weight is 268 g/mol. The lowest BCUT2D eigenvalue weighted by Gasteiger charge is -2.35. The Morgan fingerprint density at radius 2 is 2.42 bits per heavy atom. The van der Waals surface area contributed by atoms with E-state index in [0.29, 0.717) is 12.6 Å². The van der Waals surface area contributed by atoms with Gasteiger partial charge in [0.1, 0.15) is 6.61 Å². The van der Waals surface area contributed by atoms with Crippen molar-refractivity contribution in [2.75, 3.05) is 13.7 Å². The van der Waals surface area contributed by atoms with Crippen molar-refractivity contribution in [2.45, 2.75) is 57.9 Å². The van der Waals surface area contributed by atoms with Crippen LogP contribution in [0.1, 0.15) is 44.1 Å². The predicted molar refractivity (Wildman–Crippen MR) is 71.6 cm³/mol. The van der Waals surface area contributed by atoms with Crippen LogP contribution in [0.25, 0.3) is 0 Å². The van der Waals surface area contributed by atoms with Crippen molar-refractivity contribution in [1.29, 1.82) is 0 Å². The third-order valence-electron chi connectivity index (χ3n) is 3.62. The predicted octanol–water partition coefficient (Wildman–Crippen LogP) is 1.95. The van der Waals surface area contributed by atoms with Gasteiger partial charge in [0.15, 0.2) is 5.76 Å². The van der Waals surface area contributed by atoms with E-state index in [1.807, 2.05) is 13.0 Å². The van der Waals surface area contributed by atoms with E-state index in [-0.39, 0.29) is 6.10 Å². The molecule has 1 fully saturated rings. The van der Waals surface area contributed by atoms with Gasteiger partial charge in [0.25, 0.3) is 0 Å². The molecule has 0 amide bonds. The first-order valence-electron chi connectivity index (χ1n) is 7.04. The highest BCUT2D eigenvalue weighted by molar-refractivity contribution is 5.05. The first kappa shape index (κ1) is 14.5. The number of aliphatic hydroxyl groups is 1. The number of aromatic nitrogens is 1. The Labute approximate surface area is 114 Å². The highest BCUT2D eigenvalue weighted by Crippen LogP contribution is 2.23. The molecule has 2 rings (SSSR count). The Balaban J connectivity index is 1.94. The Morgan fingerprint density at radius 1 is 1.58 bits per heavy atom. The SMILES string of the molecule is COCc1cc(CN2CCCCC2CC(C)O)no1. The smallest absolute Gasteiger partial charge is 0.162 e. The average Bonchev–Trinajstić information content (AvgIpc) is 2.79. The third kappa shape index (κ3) is 4.30. The van der Waals surface area contributed by atoms with Crippen molar-refractivity contribution in [2.24, 2.45) is 0 Å². The van der Waals surface area contributed by atoms with E-state index < -0.39 is 0 Å². The lowest BCUT2D eigenvalue weighted by atomic mass is 9.97. The van der Waals surface area contributed by atoms with Crippen molar-refractivity contribution in [3.05, 3.63) is 17.5 Å². The number of piperidine rings is 1. The van der Waals surface area contributed by atoms with Crippen LogP contribution in [-0.4, -0.2) is 41.0 Å². The van der Waals surface area contributed by atoms with E-state index in [0.717, 1.165) is 37.4 Å². The summed E-state index contributed by atoms with van der Waals surface area (Å²) in [6, 6.07) is 2.41. The molecule has 1 aliphatic heterocycles. The summed E-state index contributed by atoms with van der Waals surface area (Å²) in [5.41, 5.74) is 0.949. The maximum absolute atomic E-state index is 9.59. The topological polar surface area (TPSA) is 58.7 Å². The third-order valence-corrected chi connectivity index (χ3v) is 3.62. The Morgan fingerprint density at radius 3 is 3.16 bits per heavy atom. The highest BCUT2D eigenvalue weighted by Gasteiger charge is 2.24. The van der Waals surface area contributed by atoms with Crippen LogP contribution < -0.4 is 0 Å². The van der Waals surface area contributed by atoms with E-state index in [2.05, 4.69) is 10.1 Å². The number of methoxy groups -OCH3 is 1. The summed E-state index contributed by atoms with van der Waals surface area (Å²) in [5, 5.41) is 13.7. The van der Waals surface area contributed by atoms with Crippen molar-refractivity contribution in [3.8, 4) is 0 Å². The Kier molecular flexibility index (Phi) is 5.36. The van der Waals surface area contributed by atoms with Gasteiger partial charge >= 0.3 is 0 Å².